The lowest BCUT2D eigenvalue weighted by atomic mass is 9.96. The summed E-state index contributed by atoms with van der Waals surface area (Å²) < 4.78 is 5.66. The van der Waals surface area contributed by atoms with Crippen molar-refractivity contribution in [1.82, 2.24) is 9.88 Å². The van der Waals surface area contributed by atoms with Gasteiger partial charge in [-0.2, -0.15) is 0 Å². The highest BCUT2D eigenvalue weighted by Crippen LogP contribution is 2.39. The number of aromatic nitrogens is 1. The van der Waals surface area contributed by atoms with Crippen LogP contribution < -0.4 is 4.90 Å². The van der Waals surface area contributed by atoms with E-state index in [0.29, 0.717) is 6.04 Å². The largest absolute Gasteiger partial charge is 0.443 e. The van der Waals surface area contributed by atoms with Crippen LogP contribution in [0.2, 0.25) is 0 Å². The third-order valence-electron chi connectivity index (χ3n) is 4.68. The Hall–Kier alpha value is -1.62. The summed E-state index contributed by atoms with van der Waals surface area (Å²) in [5.74, 6) is 0.785. The molecule has 0 N–H and O–H groups in total. The second kappa shape index (κ2) is 6.71. The molecule has 3 rings (SSSR count). The van der Waals surface area contributed by atoms with Gasteiger partial charge in [-0.1, -0.05) is 12.5 Å². The predicted octanol–water partition coefficient (Wildman–Crippen LogP) is 4.14. The van der Waals surface area contributed by atoms with Gasteiger partial charge in [-0.25, -0.2) is 9.78 Å². The molecule has 1 aliphatic heterocycles. The van der Waals surface area contributed by atoms with Crippen LogP contribution in [0.15, 0.2) is 18.3 Å². The van der Waals surface area contributed by atoms with Crippen molar-refractivity contribution in [2.24, 2.45) is 0 Å². The van der Waals surface area contributed by atoms with Gasteiger partial charge in [0.2, 0.25) is 0 Å². The molecule has 132 valence electrons. The van der Waals surface area contributed by atoms with Crippen molar-refractivity contribution in [3.05, 3.63) is 23.9 Å². The number of piperidine rings is 1. The molecule has 2 heterocycles. The molecule has 0 unspecified atom stereocenters. The van der Waals surface area contributed by atoms with Gasteiger partial charge in [0.1, 0.15) is 11.4 Å². The molecule has 24 heavy (non-hydrogen) atoms. The molecule has 1 saturated heterocycles. The van der Waals surface area contributed by atoms with E-state index < -0.39 is 5.60 Å². The summed E-state index contributed by atoms with van der Waals surface area (Å²) in [5.41, 5.74) is 0.651. The molecular formula is C19H29N3O2. The number of nitrogens with zero attached hydrogens (tertiary/aromatic N) is 3. The summed E-state index contributed by atoms with van der Waals surface area (Å²) in [4.78, 5) is 21.6. The quantitative estimate of drug-likeness (QED) is 0.835. The summed E-state index contributed by atoms with van der Waals surface area (Å²) >= 11 is 0. The third-order valence-corrected chi connectivity index (χ3v) is 4.68. The molecular weight excluding hydrogens is 302 g/mol. The Kier molecular flexibility index (Phi) is 4.81. The Morgan fingerprint density at radius 2 is 2.04 bits per heavy atom. The molecule has 1 saturated carbocycles. The second-order valence-corrected chi connectivity index (χ2v) is 7.99. The van der Waals surface area contributed by atoms with E-state index in [9.17, 15) is 4.79 Å². The van der Waals surface area contributed by atoms with Crippen molar-refractivity contribution in [3.63, 3.8) is 0 Å². The zero-order valence-electron chi connectivity index (χ0n) is 15.3. The molecule has 0 bridgehead atoms. The van der Waals surface area contributed by atoms with Crippen LogP contribution in [0.1, 0.15) is 64.5 Å². The summed E-state index contributed by atoms with van der Waals surface area (Å²) in [6.45, 7) is 6.81. The van der Waals surface area contributed by atoms with Crippen molar-refractivity contribution in [2.75, 3.05) is 18.5 Å². The highest BCUT2D eigenvalue weighted by atomic mass is 16.6. The van der Waals surface area contributed by atoms with E-state index in [2.05, 4.69) is 23.0 Å². The Labute approximate surface area is 145 Å². The van der Waals surface area contributed by atoms with E-state index in [0.717, 1.165) is 37.2 Å². The minimum absolute atomic E-state index is 0.224. The highest BCUT2D eigenvalue weighted by molar-refractivity contribution is 5.89. The van der Waals surface area contributed by atoms with Crippen LogP contribution in [0.25, 0.3) is 0 Å². The fraction of sp³-hybridized carbons (Fsp3) is 0.684. The van der Waals surface area contributed by atoms with Gasteiger partial charge >= 0.3 is 6.09 Å². The molecule has 0 spiro atoms. The zero-order valence-corrected chi connectivity index (χ0v) is 15.3. The molecule has 1 aromatic heterocycles. The topological polar surface area (TPSA) is 45.7 Å². The average molecular weight is 331 g/mol. The van der Waals surface area contributed by atoms with Gasteiger partial charge in [0.05, 0.1) is 0 Å². The van der Waals surface area contributed by atoms with Crippen molar-refractivity contribution in [3.8, 4) is 0 Å². The lowest BCUT2D eigenvalue weighted by Gasteiger charge is -2.35. The van der Waals surface area contributed by atoms with Crippen LogP contribution >= 0.6 is 0 Å². The minimum atomic E-state index is -0.499. The second-order valence-electron chi connectivity index (χ2n) is 7.99. The van der Waals surface area contributed by atoms with Crippen LogP contribution in [0.3, 0.4) is 0 Å². The first-order chi connectivity index (χ1) is 11.4. The molecule has 5 nitrogen and oxygen atoms in total. The van der Waals surface area contributed by atoms with E-state index in [1.165, 1.54) is 12.8 Å². The molecule has 0 radical (unpaired) electrons. The number of hydrogen-bond donors (Lipinski definition) is 0. The summed E-state index contributed by atoms with van der Waals surface area (Å²) in [6, 6.07) is 4.64. The first kappa shape index (κ1) is 17.2. The fourth-order valence-electron chi connectivity index (χ4n) is 3.39. The molecule has 2 aliphatic rings. The van der Waals surface area contributed by atoms with Crippen LogP contribution in [-0.2, 0) is 4.74 Å². The van der Waals surface area contributed by atoms with Crippen LogP contribution in [0.4, 0.5) is 10.6 Å². The first-order valence-corrected chi connectivity index (χ1v) is 9.04. The Balaban J connectivity index is 1.92. The van der Waals surface area contributed by atoms with Gasteiger partial charge in [0.15, 0.2) is 0 Å². The Morgan fingerprint density at radius 3 is 2.67 bits per heavy atom. The fourth-order valence-corrected chi connectivity index (χ4v) is 3.39. The number of carbonyl (C=O) groups is 1. The lowest BCUT2D eigenvalue weighted by molar-refractivity contribution is 0.0575. The van der Waals surface area contributed by atoms with Gasteiger partial charge in [0, 0.05) is 23.8 Å². The maximum atomic E-state index is 12.8. The Bertz CT molecular complexity index is 593. The number of pyridine rings is 1. The monoisotopic (exact) mass is 331 g/mol. The van der Waals surface area contributed by atoms with E-state index in [1.807, 2.05) is 26.8 Å². The van der Waals surface area contributed by atoms with E-state index >= 15 is 0 Å². The SMILES string of the molecule is CN1CCCC[C@@H]1c1cccnc1N(C(=O)OC(C)(C)C)C1CC1. The molecule has 2 fully saturated rings. The maximum absolute atomic E-state index is 12.8. The van der Waals surface area contributed by atoms with E-state index in [-0.39, 0.29) is 12.1 Å². The summed E-state index contributed by atoms with van der Waals surface area (Å²) in [5, 5.41) is 0. The summed E-state index contributed by atoms with van der Waals surface area (Å²) in [6.07, 6.45) is 7.12. The highest BCUT2D eigenvalue weighted by Gasteiger charge is 2.39. The normalized spacial score (nSPS) is 22.2. The molecule has 0 aromatic carbocycles. The Morgan fingerprint density at radius 1 is 1.29 bits per heavy atom. The van der Waals surface area contributed by atoms with Crippen LogP contribution in [0.5, 0.6) is 0 Å². The molecule has 1 aliphatic carbocycles. The molecule has 5 heteroatoms. The number of amides is 1. The van der Waals surface area contributed by atoms with E-state index in [1.54, 1.807) is 11.1 Å². The van der Waals surface area contributed by atoms with Gasteiger partial charge in [-0.3, -0.25) is 9.80 Å². The van der Waals surface area contributed by atoms with Crippen molar-refractivity contribution >= 4 is 11.9 Å². The number of carbonyl (C=O) groups excluding carboxylic acids is 1. The van der Waals surface area contributed by atoms with Crippen LogP contribution in [-0.4, -0.2) is 41.2 Å². The molecule has 1 atom stereocenters. The maximum Gasteiger partial charge on any atom is 0.416 e. The predicted molar refractivity (Wildman–Crippen MR) is 95.2 cm³/mol. The van der Waals surface area contributed by atoms with Gasteiger partial charge in [-0.05, 0) is 66.1 Å². The average Bonchev–Trinajstić information content (AvgIpc) is 3.32. The number of likely N-dealkylation sites (tertiary alicyclic amines) is 1. The zero-order chi connectivity index (χ0) is 17.3. The smallest absolute Gasteiger partial charge is 0.416 e. The molecule has 1 amide bonds. The van der Waals surface area contributed by atoms with Crippen LogP contribution in [0, 0.1) is 0 Å². The number of ether oxygens (including phenoxy) is 1. The number of rotatable bonds is 3. The van der Waals surface area contributed by atoms with E-state index in [4.69, 9.17) is 4.74 Å². The third kappa shape index (κ3) is 3.89. The van der Waals surface area contributed by atoms with Gasteiger partial charge in [-0.15, -0.1) is 0 Å². The number of hydrogen-bond acceptors (Lipinski definition) is 4. The minimum Gasteiger partial charge on any atom is -0.443 e. The lowest BCUT2D eigenvalue weighted by Crippen LogP contribution is -2.40. The first-order valence-electron chi connectivity index (χ1n) is 9.04. The summed E-state index contributed by atoms with van der Waals surface area (Å²) in [7, 11) is 2.16. The van der Waals surface area contributed by atoms with Gasteiger partial charge < -0.3 is 4.74 Å². The number of anilines is 1. The standard InChI is InChI=1S/C19H29N3O2/c1-19(2,3)24-18(23)22(14-10-11-14)17-15(8-7-12-20-17)16-9-5-6-13-21(16)4/h7-8,12,14,16H,5-6,9-11,13H2,1-4H3/t16-/m1/s1. The molecule has 1 aromatic rings. The van der Waals surface area contributed by atoms with Crippen molar-refractivity contribution in [2.45, 2.75) is 70.6 Å². The van der Waals surface area contributed by atoms with Crippen molar-refractivity contribution in [1.29, 1.82) is 0 Å². The van der Waals surface area contributed by atoms with Gasteiger partial charge in [0.25, 0.3) is 0 Å². The van der Waals surface area contributed by atoms with Crippen molar-refractivity contribution < 1.29 is 9.53 Å².